The fourth-order valence-electron chi connectivity index (χ4n) is 3.86. The van der Waals surface area contributed by atoms with Gasteiger partial charge in [0.1, 0.15) is 11.5 Å². The largest absolute Gasteiger partial charge is 0.497 e. The Hall–Kier alpha value is -3.10. The highest BCUT2D eigenvalue weighted by Gasteiger charge is 2.31. The molecule has 3 aromatic rings. The molecule has 8 heteroatoms. The van der Waals surface area contributed by atoms with Crippen molar-refractivity contribution in [3.8, 4) is 5.75 Å². The van der Waals surface area contributed by atoms with Crippen molar-refractivity contribution in [1.82, 2.24) is 4.31 Å². The van der Waals surface area contributed by atoms with Gasteiger partial charge >= 0.3 is 0 Å². The van der Waals surface area contributed by atoms with Gasteiger partial charge in [0.25, 0.3) is 0 Å². The van der Waals surface area contributed by atoms with Crippen molar-refractivity contribution in [3.63, 3.8) is 0 Å². The molecule has 1 aromatic heterocycles. The third-order valence-corrected chi connectivity index (χ3v) is 7.39. The van der Waals surface area contributed by atoms with Crippen LogP contribution in [-0.2, 0) is 27.8 Å². The lowest BCUT2D eigenvalue weighted by molar-refractivity contribution is -0.119. The number of carbonyl (C=O) groups is 1. The number of rotatable bonds is 7. The number of sulfonamides is 1. The van der Waals surface area contributed by atoms with Crippen LogP contribution < -0.4 is 9.64 Å². The molecule has 1 amide bonds. The predicted molar refractivity (Wildman–Crippen MR) is 121 cm³/mol. The molecule has 0 saturated heterocycles. The molecule has 4 rings (SSSR count). The third-order valence-electron chi connectivity index (χ3n) is 5.59. The summed E-state index contributed by atoms with van der Waals surface area (Å²) in [6.07, 6.45) is 3.13. The summed E-state index contributed by atoms with van der Waals surface area (Å²) in [7, 11) is -2.30. The summed E-state index contributed by atoms with van der Waals surface area (Å²) in [4.78, 5) is 15.2. The first-order valence-electron chi connectivity index (χ1n) is 10.4. The van der Waals surface area contributed by atoms with Gasteiger partial charge in [-0.05, 0) is 67.8 Å². The monoisotopic (exact) mass is 454 g/mol. The lowest BCUT2D eigenvalue weighted by Crippen LogP contribution is -2.44. The standard InChI is InChI=1S/C24H26N2O5S/c1-18-7-10-22(11-8-18)32(28,29)25(16-21-6-4-14-31-21)17-24(27)26-13-3-5-19-15-20(30-2)9-12-23(19)26/h4,6-12,14-15H,3,5,13,16-17H2,1-2H3. The minimum Gasteiger partial charge on any atom is -0.497 e. The van der Waals surface area contributed by atoms with Gasteiger partial charge in [-0.1, -0.05) is 17.7 Å². The van der Waals surface area contributed by atoms with Crippen molar-refractivity contribution >= 4 is 21.6 Å². The lowest BCUT2D eigenvalue weighted by atomic mass is 10.0. The molecule has 0 unspecified atom stereocenters. The summed E-state index contributed by atoms with van der Waals surface area (Å²) in [5.74, 6) is 0.926. The molecule has 0 fully saturated rings. The highest BCUT2D eigenvalue weighted by Crippen LogP contribution is 2.31. The minimum absolute atomic E-state index is 0.0295. The molecule has 0 bridgehead atoms. The van der Waals surface area contributed by atoms with E-state index in [1.54, 1.807) is 48.4 Å². The van der Waals surface area contributed by atoms with E-state index in [1.807, 2.05) is 25.1 Å². The van der Waals surface area contributed by atoms with Crippen molar-refractivity contribution in [3.05, 3.63) is 77.7 Å². The highest BCUT2D eigenvalue weighted by atomic mass is 32.2. The number of hydrogen-bond acceptors (Lipinski definition) is 5. The quantitative estimate of drug-likeness (QED) is 0.543. The SMILES string of the molecule is COc1ccc2c(c1)CCCN2C(=O)CN(Cc1ccco1)S(=O)(=O)c1ccc(C)cc1. The van der Waals surface area contributed by atoms with Crippen molar-refractivity contribution in [2.24, 2.45) is 0 Å². The Morgan fingerprint density at radius 3 is 2.62 bits per heavy atom. The Labute approximate surface area is 188 Å². The number of furan rings is 1. The van der Waals surface area contributed by atoms with Crippen LogP contribution in [0.2, 0.25) is 0 Å². The van der Waals surface area contributed by atoms with Crippen molar-refractivity contribution in [1.29, 1.82) is 0 Å². The van der Waals surface area contributed by atoms with Crippen molar-refractivity contribution in [2.75, 3.05) is 25.1 Å². The van der Waals surface area contributed by atoms with Gasteiger partial charge in [0, 0.05) is 12.2 Å². The Bertz CT molecular complexity index is 1190. The zero-order valence-corrected chi connectivity index (χ0v) is 19.0. The van der Waals surface area contributed by atoms with Gasteiger partial charge in [0.05, 0.1) is 31.4 Å². The van der Waals surface area contributed by atoms with Gasteiger partial charge < -0.3 is 14.1 Å². The molecule has 168 valence electrons. The fraction of sp³-hybridized carbons (Fsp3) is 0.292. The Morgan fingerprint density at radius 2 is 1.94 bits per heavy atom. The summed E-state index contributed by atoms with van der Waals surface area (Å²) < 4.78 is 38.7. The zero-order chi connectivity index (χ0) is 22.7. The molecule has 0 spiro atoms. The number of ether oxygens (including phenoxy) is 1. The second-order valence-electron chi connectivity index (χ2n) is 7.81. The molecule has 0 radical (unpaired) electrons. The van der Waals surface area contributed by atoms with E-state index in [1.165, 1.54) is 10.6 Å². The summed E-state index contributed by atoms with van der Waals surface area (Å²) >= 11 is 0. The number of benzene rings is 2. The van der Waals surface area contributed by atoms with E-state index < -0.39 is 10.0 Å². The number of amides is 1. The maximum atomic E-state index is 13.4. The van der Waals surface area contributed by atoms with E-state index >= 15 is 0 Å². The molecule has 1 aliphatic heterocycles. The molecule has 2 heterocycles. The Kier molecular flexibility index (Phi) is 6.34. The van der Waals surface area contributed by atoms with Crippen LogP contribution in [0.1, 0.15) is 23.3 Å². The van der Waals surface area contributed by atoms with Gasteiger partial charge in [-0.15, -0.1) is 0 Å². The number of methoxy groups -OCH3 is 1. The van der Waals surface area contributed by atoms with Crippen LogP contribution >= 0.6 is 0 Å². The van der Waals surface area contributed by atoms with Crippen molar-refractivity contribution < 1.29 is 22.4 Å². The number of carbonyl (C=O) groups excluding carboxylic acids is 1. The van der Waals surface area contributed by atoms with Crippen LogP contribution in [0.25, 0.3) is 0 Å². The second-order valence-corrected chi connectivity index (χ2v) is 9.75. The predicted octanol–water partition coefficient (Wildman–Crippen LogP) is 3.77. The van der Waals surface area contributed by atoms with Crippen LogP contribution in [0.4, 0.5) is 5.69 Å². The number of anilines is 1. The topological polar surface area (TPSA) is 80.1 Å². The summed E-state index contributed by atoms with van der Waals surface area (Å²) in [6, 6.07) is 15.6. The summed E-state index contributed by atoms with van der Waals surface area (Å²) in [6.45, 7) is 2.11. The van der Waals surface area contributed by atoms with E-state index in [0.29, 0.717) is 12.3 Å². The van der Waals surface area contributed by atoms with Crippen LogP contribution in [0.3, 0.4) is 0 Å². The smallest absolute Gasteiger partial charge is 0.243 e. The highest BCUT2D eigenvalue weighted by molar-refractivity contribution is 7.89. The van der Waals surface area contributed by atoms with Gasteiger partial charge in [-0.3, -0.25) is 4.79 Å². The Morgan fingerprint density at radius 1 is 1.16 bits per heavy atom. The molecular weight excluding hydrogens is 428 g/mol. The molecule has 32 heavy (non-hydrogen) atoms. The normalized spacial score (nSPS) is 13.8. The number of hydrogen-bond donors (Lipinski definition) is 0. The van der Waals surface area contributed by atoms with Crippen LogP contribution in [0, 0.1) is 6.92 Å². The van der Waals surface area contributed by atoms with Crippen LogP contribution in [-0.4, -0.2) is 38.8 Å². The van der Waals surface area contributed by atoms with Crippen molar-refractivity contribution in [2.45, 2.75) is 31.2 Å². The minimum atomic E-state index is -3.91. The number of fused-ring (bicyclic) bond motifs is 1. The number of aryl methyl sites for hydroxylation is 2. The first-order chi connectivity index (χ1) is 15.4. The molecule has 0 aliphatic carbocycles. The molecule has 1 aliphatic rings. The first-order valence-corrected chi connectivity index (χ1v) is 11.9. The van der Waals surface area contributed by atoms with Gasteiger partial charge in [-0.2, -0.15) is 4.31 Å². The van der Waals surface area contributed by atoms with Gasteiger partial charge in [0.15, 0.2) is 0 Å². The second kappa shape index (κ2) is 9.18. The van der Waals surface area contributed by atoms with Crippen LogP contribution in [0.15, 0.2) is 70.2 Å². The molecule has 2 aromatic carbocycles. The van der Waals surface area contributed by atoms with E-state index in [0.717, 1.165) is 35.4 Å². The van der Waals surface area contributed by atoms with E-state index in [2.05, 4.69) is 0 Å². The van der Waals surface area contributed by atoms with E-state index in [9.17, 15) is 13.2 Å². The number of nitrogens with zero attached hydrogens (tertiary/aromatic N) is 2. The molecule has 0 saturated carbocycles. The van der Waals surface area contributed by atoms with Gasteiger partial charge in [0.2, 0.25) is 15.9 Å². The molecule has 0 N–H and O–H groups in total. The third kappa shape index (κ3) is 4.56. The molecule has 0 atom stereocenters. The van der Waals surface area contributed by atoms with Gasteiger partial charge in [-0.25, -0.2) is 8.42 Å². The fourth-order valence-corrected chi connectivity index (χ4v) is 5.21. The maximum absolute atomic E-state index is 13.4. The maximum Gasteiger partial charge on any atom is 0.243 e. The first kappa shape index (κ1) is 22.1. The lowest BCUT2D eigenvalue weighted by Gasteiger charge is -2.31. The summed E-state index contributed by atoms with van der Waals surface area (Å²) in [5, 5.41) is 0. The zero-order valence-electron chi connectivity index (χ0n) is 18.2. The van der Waals surface area contributed by atoms with E-state index in [-0.39, 0.29) is 23.9 Å². The Balaban J connectivity index is 1.63. The molecular formula is C24H26N2O5S. The average molecular weight is 455 g/mol. The average Bonchev–Trinajstić information content (AvgIpc) is 3.31. The molecule has 7 nitrogen and oxygen atoms in total. The van der Waals surface area contributed by atoms with Crippen LogP contribution in [0.5, 0.6) is 5.75 Å². The van der Waals surface area contributed by atoms with E-state index in [4.69, 9.17) is 9.15 Å². The summed E-state index contributed by atoms with van der Waals surface area (Å²) in [5.41, 5.74) is 2.77.